The Kier molecular flexibility index (Phi) is 19.4. The molecule has 8 unspecified atom stereocenters. The van der Waals surface area contributed by atoms with Gasteiger partial charge in [-0.2, -0.15) is 0 Å². The summed E-state index contributed by atoms with van der Waals surface area (Å²) in [5.41, 5.74) is 2.63. The van der Waals surface area contributed by atoms with E-state index in [-0.39, 0.29) is 49.8 Å². The number of anilines is 2. The summed E-state index contributed by atoms with van der Waals surface area (Å²) < 4.78 is 52.9. The highest BCUT2D eigenvalue weighted by Crippen LogP contribution is 2.35. The number of unbranched alkanes of at least 4 members (excludes halogenated alkanes) is 2. The van der Waals surface area contributed by atoms with E-state index in [1.807, 2.05) is 0 Å². The van der Waals surface area contributed by atoms with Gasteiger partial charge in [0.05, 0.1) is 42.5 Å². The summed E-state index contributed by atoms with van der Waals surface area (Å²) in [6.07, 6.45) is -25.6. The van der Waals surface area contributed by atoms with Gasteiger partial charge in [-0.25, -0.2) is 0 Å². The average Bonchev–Trinajstić information content (AvgIpc) is 3.26. The largest absolute Gasteiger partial charge is 0.394 e. The minimum Gasteiger partial charge on any atom is -0.394 e. The second-order valence-corrected chi connectivity index (χ2v) is 18.3. The molecule has 20 atom stereocenters. The highest BCUT2D eigenvalue weighted by molar-refractivity contribution is 5.77. The van der Waals surface area contributed by atoms with Gasteiger partial charge < -0.3 is 105 Å². The molecule has 0 saturated carbocycles. The first-order chi connectivity index (χ1) is 31.4. The molecule has 25 heteroatoms. The highest BCUT2D eigenvalue weighted by atomic mass is 16.8. The summed E-state index contributed by atoms with van der Waals surface area (Å²) in [7, 11) is 1.26. The van der Waals surface area contributed by atoms with E-state index < -0.39 is 145 Å². The molecule has 4 aliphatic rings. The summed E-state index contributed by atoms with van der Waals surface area (Å²) >= 11 is 0. The third-order valence-electron chi connectivity index (χ3n) is 12.3. The molecule has 4 fully saturated rings. The van der Waals surface area contributed by atoms with Crippen LogP contribution in [0.3, 0.4) is 0 Å². The third kappa shape index (κ3) is 13.4. The van der Waals surface area contributed by atoms with Crippen LogP contribution in [0.2, 0.25) is 0 Å². The Morgan fingerprint density at radius 2 is 1.16 bits per heavy atom. The van der Waals surface area contributed by atoms with E-state index in [9.17, 15) is 60.0 Å². The minimum absolute atomic E-state index is 0.0420. The van der Waals surface area contributed by atoms with Crippen molar-refractivity contribution in [1.82, 2.24) is 10.6 Å². The van der Waals surface area contributed by atoms with Gasteiger partial charge in [0.25, 0.3) is 10.9 Å². The molecule has 0 spiro atoms. The van der Waals surface area contributed by atoms with Gasteiger partial charge in [0.15, 0.2) is 25.2 Å². The fourth-order valence-corrected chi connectivity index (χ4v) is 8.32. The molecule has 67 heavy (non-hydrogen) atoms. The molecule has 0 aliphatic carbocycles. The second kappa shape index (κ2) is 23.7. The Labute approximate surface area is 386 Å². The predicted octanol–water partition coefficient (Wildman–Crippen LogP) is -4.71. The van der Waals surface area contributed by atoms with Crippen molar-refractivity contribution in [2.75, 3.05) is 37.9 Å². The number of nitrogens with two attached hydrogens (primary N) is 1. The molecule has 2 amide bonds. The zero-order valence-electron chi connectivity index (χ0n) is 38.7. The van der Waals surface area contributed by atoms with Crippen molar-refractivity contribution in [2.24, 2.45) is 0 Å². The SMILES string of the molecule is CO[C@H]1C(O)[C@H](NC(=O)CC(C)(C)O)C(C)O[C@H]1OC1[C@@H](O)C(C)O[C@@H](OC2[C@@H](O)C(C)O[C@@H](O[C@H]3C(O)[C@@H](O)C(C)O[C@@H]3OCCCCCC(=O)NCCNc3c(N)c(=O)c3=O)[C@H]2O)[C@H]1O. The van der Waals surface area contributed by atoms with Gasteiger partial charge in [-0.15, -0.1) is 0 Å². The van der Waals surface area contributed by atoms with E-state index in [0.29, 0.717) is 19.3 Å². The van der Waals surface area contributed by atoms with Crippen LogP contribution in [0, 0.1) is 0 Å². The molecule has 5 rings (SSSR count). The van der Waals surface area contributed by atoms with Gasteiger partial charge in [-0.05, 0) is 54.4 Å². The lowest BCUT2D eigenvalue weighted by molar-refractivity contribution is -0.387. The van der Waals surface area contributed by atoms with Crippen LogP contribution in [0.1, 0.15) is 73.6 Å². The van der Waals surface area contributed by atoms with Crippen LogP contribution in [0.15, 0.2) is 9.59 Å². The van der Waals surface area contributed by atoms with Gasteiger partial charge in [0.1, 0.15) is 78.5 Å². The van der Waals surface area contributed by atoms with E-state index in [1.54, 1.807) is 6.92 Å². The standard InChI is InChI=1S/C42H70N4O21/c1-16-23(46-21(48)15-42(5,6)58)30(54)36(59-7)41(61-16)66-35-27(51)19(4)62-38(33(35)57)65-34-26(50)18(3)63-39(32(34)56)67-37-31(55)25(49)17(2)64-40(37)60-14-10-8-9-11-20(47)44-12-13-45-24-22(43)28(52)29(24)53/h16-19,23,25-27,30-41,45,49-51,54-58H,8-15,43H2,1-7H3,(H,44,47)(H,46,48)/t16?,17?,18?,19?,23-,25+,26+,27+,30?,31?,32+,33+,34?,35?,36+,37+,38+,39+,40+,41+/m1/s1. The van der Waals surface area contributed by atoms with E-state index in [2.05, 4.69) is 16.0 Å². The lowest BCUT2D eigenvalue weighted by Crippen LogP contribution is -2.67. The van der Waals surface area contributed by atoms with Gasteiger partial charge in [0.2, 0.25) is 11.8 Å². The maximum atomic E-state index is 12.6. The predicted molar refractivity (Wildman–Crippen MR) is 229 cm³/mol. The van der Waals surface area contributed by atoms with Gasteiger partial charge in [-0.3, -0.25) is 19.2 Å². The second-order valence-electron chi connectivity index (χ2n) is 18.3. The van der Waals surface area contributed by atoms with Gasteiger partial charge in [-0.1, -0.05) is 6.42 Å². The third-order valence-corrected chi connectivity index (χ3v) is 12.3. The molecule has 0 radical (unpaired) electrons. The Morgan fingerprint density at radius 1 is 0.627 bits per heavy atom. The van der Waals surface area contributed by atoms with Crippen LogP contribution in [0.25, 0.3) is 0 Å². The van der Waals surface area contributed by atoms with Crippen molar-refractivity contribution >= 4 is 23.2 Å². The number of amides is 2. The number of methoxy groups -OCH3 is 1. The van der Waals surface area contributed by atoms with Crippen LogP contribution in [-0.4, -0.2) is 208 Å². The summed E-state index contributed by atoms with van der Waals surface area (Å²) in [4.78, 5) is 47.6. The van der Waals surface area contributed by atoms with Crippen LogP contribution < -0.4 is 32.5 Å². The van der Waals surface area contributed by atoms with E-state index in [4.69, 9.17) is 48.4 Å². The molecule has 4 heterocycles. The topological polar surface area (TPSA) is 375 Å². The zero-order valence-corrected chi connectivity index (χ0v) is 38.7. The Bertz CT molecular complexity index is 1830. The summed E-state index contributed by atoms with van der Waals surface area (Å²) in [5.74, 6) is -0.794. The molecular weight excluding hydrogens is 896 g/mol. The molecule has 384 valence electrons. The Hall–Kier alpha value is -3.06. The van der Waals surface area contributed by atoms with Crippen LogP contribution in [0.5, 0.6) is 0 Å². The van der Waals surface area contributed by atoms with E-state index in [0.717, 1.165) is 0 Å². The molecule has 4 aliphatic heterocycles. The lowest BCUT2D eigenvalue weighted by Gasteiger charge is -2.49. The quantitative estimate of drug-likeness (QED) is 0.0407. The molecule has 1 aromatic rings. The van der Waals surface area contributed by atoms with E-state index in [1.165, 1.54) is 41.7 Å². The van der Waals surface area contributed by atoms with Crippen molar-refractivity contribution in [3.63, 3.8) is 0 Å². The van der Waals surface area contributed by atoms with Crippen molar-refractivity contribution in [1.29, 1.82) is 0 Å². The number of hydrogen-bond donors (Lipinski definition) is 12. The Morgan fingerprint density at radius 3 is 1.73 bits per heavy atom. The summed E-state index contributed by atoms with van der Waals surface area (Å²) in [6, 6.07) is -0.997. The number of ether oxygens (including phenoxy) is 9. The number of aliphatic hydroxyl groups is 8. The molecule has 0 bridgehead atoms. The van der Waals surface area contributed by atoms with Crippen molar-refractivity contribution in [3.05, 3.63) is 20.4 Å². The number of rotatable bonds is 21. The Balaban J connectivity index is 1.15. The zero-order chi connectivity index (χ0) is 49.7. The first-order valence-corrected chi connectivity index (χ1v) is 22.6. The van der Waals surface area contributed by atoms with Crippen molar-refractivity contribution in [2.45, 2.75) is 202 Å². The fraction of sp³-hybridized carbons (Fsp3) is 0.857. The highest BCUT2D eigenvalue weighted by Gasteiger charge is 2.55. The normalized spacial score (nSPS) is 39.5. The van der Waals surface area contributed by atoms with Crippen molar-refractivity contribution in [3.8, 4) is 0 Å². The first kappa shape index (κ1) is 54.9. The average molecular weight is 967 g/mol. The lowest BCUT2D eigenvalue weighted by atomic mass is 9.94. The van der Waals surface area contributed by atoms with Crippen molar-refractivity contribution < 1.29 is 93.1 Å². The summed E-state index contributed by atoms with van der Waals surface area (Å²) in [5, 5.41) is 96.7. The maximum Gasteiger partial charge on any atom is 0.253 e. The summed E-state index contributed by atoms with van der Waals surface area (Å²) in [6.45, 7) is 9.34. The molecule has 4 saturated heterocycles. The van der Waals surface area contributed by atoms with Crippen LogP contribution in [0.4, 0.5) is 11.4 Å². The molecular formula is C42H70N4O21. The molecule has 1 aromatic carbocycles. The van der Waals surface area contributed by atoms with Gasteiger partial charge in [0, 0.05) is 33.2 Å². The number of carbonyl (C=O) groups is 2. The smallest absolute Gasteiger partial charge is 0.253 e. The molecule has 13 N–H and O–H groups in total. The number of carbonyl (C=O) groups excluding carboxylic acids is 2. The van der Waals surface area contributed by atoms with Gasteiger partial charge >= 0.3 is 0 Å². The fourth-order valence-electron chi connectivity index (χ4n) is 8.32. The maximum absolute atomic E-state index is 12.6. The number of hydrogen-bond acceptors (Lipinski definition) is 23. The number of aliphatic hydroxyl groups excluding tert-OH is 7. The molecule has 25 nitrogen and oxygen atoms in total. The minimum atomic E-state index is -1.84. The van der Waals surface area contributed by atoms with Crippen LogP contribution in [-0.2, 0) is 52.2 Å². The first-order valence-electron chi connectivity index (χ1n) is 22.6. The molecule has 0 aromatic heterocycles. The number of nitrogens with one attached hydrogen (secondary N) is 3. The van der Waals surface area contributed by atoms with E-state index >= 15 is 0 Å². The van der Waals surface area contributed by atoms with Crippen LogP contribution >= 0.6 is 0 Å². The monoisotopic (exact) mass is 966 g/mol. The number of nitrogen functional groups attached to an aromatic ring is 1.